The van der Waals surface area contributed by atoms with Crippen LogP contribution >= 0.6 is 0 Å². The number of carbonyl (C=O) groups is 1. The van der Waals surface area contributed by atoms with Gasteiger partial charge in [0.05, 0.1) is 6.61 Å². The van der Waals surface area contributed by atoms with Gasteiger partial charge in [-0.1, -0.05) is 40.0 Å². The van der Waals surface area contributed by atoms with Gasteiger partial charge in [-0.05, 0) is 6.42 Å². The van der Waals surface area contributed by atoms with Gasteiger partial charge in [0.1, 0.15) is 6.04 Å². The quantitative estimate of drug-likeness (QED) is 0.565. The molecule has 0 radical (unpaired) electrons. The van der Waals surface area contributed by atoms with Gasteiger partial charge in [-0.25, -0.2) is 0 Å². The number of rotatable bonds is 10. The van der Waals surface area contributed by atoms with E-state index in [1.807, 2.05) is 13.8 Å². The van der Waals surface area contributed by atoms with E-state index in [-0.39, 0.29) is 12.6 Å². The van der Waals surface area contributed by atoms with Gasteiger partial charge in [-0.3, -0.25) is 4.79 Å². The van der Waals surface area contributed by atoms with E-state index in [1.54, 1.807) is 0 Å². The van der Waals surface area contributed by atoms with Crippen LogP contribution in [-0.4, -0.2) is 36.4 Å². The lowest BCUT2D eigenvalue weighted by Crippen LogP contribution is -2.44. The molecule has 96 valence electrons. The Bertz CT molecular complexity index is 183. The zero-order valence-corrected chi connectivity index (χ0v) is 10.7. The minimum atomic E-state index is -0.845. The molecular formula is C12H25NO3. The Morgan fingerprint density at radius 2 is 2.00 bits per heavy atom. The molecule has 0 aliphatic carbocycles. The molecule has 0 aromatic heterocycles. The summed E-state index contributed by atoms with van der Waals surface area (Å²) in [6.07, 6.45) is 4.59. The third-order valence-corrected chi connectivity index (χ3v) is 2.26. The molecule has 0 heterocycles. The maximum atomic E-state index is 10.9. The zero-order valence-electron chi connectivity index (χ0n) is 10.7. The fraction of sp³-hybridized carbons (Fsp3) is 0.917. The normalized spacial score (nSPS) is 13.0. The molecule has 0 aliphatic heterocycles. The lowest BCUT2D eigenvalue weighted by molar-refractivity contribution is -0.141. The molecule has 0 saturated carbocycles. The third-order valence-electron chi connectivity index (χ3n) is 2.26. The van der Waals surface area contributed by atoms with Crippen molar-refractivity contribution in [2.45, 2.75) is 58.5 Å². The summed E-state index contributed by atoms with van der Waals surface area (Å²) < 4.78 is 5.36. The number of nitrogens with one attached hydrogen (secondary N) is 1. The second kappa shape index (κ2) is 9.60. The third kappa shape index (κ3) is 8.68. The van der Waals surface area contributed by atoms with Crippen LogP contribution in [0.3, 0.4) is 0 Å². The van der Waals surface area contributed by atoms with E-state index in [0.29, 0.717) is 6.61 Å². The summed E-state index contributed by atoms with van der Waals surface area (Å²) in [5.41, 5.74) is 0. The summed E-state index contributed by atoms with van der Waals surface area (Å²) in [5.74, 6) is -0.845. The second-order valence-electron chi connectivity index (χ2n) is 4.35. The molecule has 0 saturated heterocycles. The first kappa shape index (κ1) is 15.4. The molecule has 0 aliphatic rings. The minimum absolute atomic E-state index is 0.157. The summed E-state index contributed by atoms with van der Waals surface area (Å²) in [7, 11) is 0. The van der Waals surface area contributed by atoms with Crippen LogP contribution in [0, 0.1) is 0 Å². The van der Waals surface area contributed by atoms with Gasteiger partial charge in [0.15, 0.2) is 0 Å². The number of carboxylic acid groups (broad SMARTS) is 1. The predicted octanol–water partition coefficient (Wildman–Crippen LogP) is 2.03. The fourth-order valence-corrected chi connectivity index (χ4v) is 1.43. The number of hydrogen-bond donors (Lipinski definition) is 2. The van der Waals surface area contributed by atoms with Gasteiger partial charge in [-0.2, -0.15) is 0 Å². The van der Waals surface area contributed by atoms with Crippen molar-refractivity contribution in [1.29, 1.82) is 0 Å². The minimum Gasteiger partial charge on any atom is -0.480 e. The van der Waals surface area contributed by atoms with Crippen LogP contribution < -0.4 is 5.32 Å². The zero-order chi connectivity index (χ0) is 12.4. The molecule has 4 nitrogen and oxygen atoms in total. The highest BCUT2D eigenvalue weighted by Crippen LogP contribution is 1.99. The SMILES string of the molecule is CCCCCCOCC(NC(C)C)C(=O)O. The molecule has 0 fully saturated rings. The standard InChI is InChI=1S/C12H25NO3/c1-4-5-6-7-8-16-9-11(12(14)15)13-10(2)3/h10-11,13H,4-9H2,1-3H3,(H,14,15). The monoisotopic (exact) mass is 231 g/mol. The summed E-state index contributed by atoms with van der Waals surface area (Å²) in [6, 6.07) is -0.434. The van der Waals surface area contributed by atoms with Crippen molar-refractivity contribution in [3.05, 3.63) is 0 Å². The molecule has 0 aromatic carbocycles. The van der Waals surface area contributed by atoms with E-state index in [2.05, 4.69) is 12.2 Å². The Morgan fingerprint density at radius 1 is 1.31 bits per heavy atom. The average molecular weight is 231 g/mol. The van der Waals surface area contributed by atoms with Gasteiger partial charge >= 0.3 is 5.97 Å². The summed E-state index contributed by atoms with van der Waals surface area (Å²) in [6.45, 7) is 6.92. The van der Waals surface area contributed by atoms with Crippen LogP contribution in [0.15, 0.2) is 0 Å². The van der Waals surface area contributed by atoms with Gasteiger partial charge in [-0.15, -0.1) is 0 Å². The van der Waals surface area contributed by atoms with E-state index in [1.165, 1.54) is 12.8 Å². The molecule has 1 unspecified atom stereocenters. The van der Waals surface area contributed by atoms with Crippen LogP contribution in [0.1, 0.15) is 46.5 Å². The maximum absolute atomic E-state index is 10.9. The highest BCUT2D eigenvalue weighted by molar-refractivity contribution is 5.73. The van der Waals surface area contributed by atoms with E-state index >= 15 is 0 Å². The average Bonchev–Trinajstić information content (AvgIpc) is 2.20. The van der Waals surface area contributed by atoms with Gasteiger partial charge < -0.3 is 15.2 Å². The Hall–Kier alpha value is -0.610. The molecule has 1 atom stereocenters. The largest absolute Gasteiger partial charge is 0.480 e. The number of carboxylic acids is 1. The number of unbranched alkanes of at least 4 members (excludes halogenated alkanes) is 3. The van der Waals surface area contributed by atoms with Crippen LogP contribution in [0.4, 0.5) is 0 Å². The van der Waals surface area contributed by atoms with Crippen molar-refractivity contribution in [3.8, 4) is 0 Å². The highest BCUT2D eigenvalue weighted by Gasteiger charge is 2.17. The van der Waals surface area contributed by atoms with Crippen LogP contribution in [-0.2, 0) is 9.53 Å². The highest BCUT2D eigenvalue weighted by atomic mass is 16.5. The summed E-state index contributed by atoms with van der Waals surface area (Å²) in [4.78, 5) is 10.9. The van der Waals surface area contributed by atoms with E-state index in [4.69, 9.17) is 9.84 Å². The van der Waals surface area contributed by atoms with Crippen LogP contribution in [0.25, 0.3) is 0 Å². The van der Waals surface area contributed by atoms with E-state index < -0.39 is 12.0 Å². The lowest BCUT2D eigenvalue weighted by Gasteiger charge is -2.17. The Balaban J connectivity index is 3.57. The Morgan fingerprint density at radius 3 is 2.50 bits per heavy atom. The molecule has 2 N–H and O–H groups in total. The molecule has 0 bridgehead atoms. The fourth-order valence-electron chi connectivity index (χ4n) is 1.43. The number of aliphatic carboxylic acids is 1. The van der Waals surface area contributed by atoms with E-state index in [9.17, 15) is 4.79 Å². The summed E-state index contributed by atoms with van der Waals surface area (Å²) in [5, 5.41) is 11.9. The molecule has 16 heavy (non-hydrogen) atoms. The Labute approximate surface area is 98.4 Å². The molecule has 0 aromatic rings. The molecular weight excluding hydrogens is 206 g/mol. The molecule has 0 amide bonds. The van der Waals surface area contributed by atoms with Crippen LogP contribution in [0.5, 0.6) is 0 Å². The molecule has 0 rings (SSSR count). The van der Waals surface area contributed by atoms with Gasteiger partial charge in [0.25, 0.3) is 0 Å². The van der Waals surface area contributed by atoms with Gasteiger partial charge in [0, 0.05) is 12.6 Å². The lowest BCUT2D eigenvalue weighted by atomic mass is 10.2. The van der Waals surface area contributed by atoms with Gasteiger partial charge in [0.2, 0.25) is 0 Å². The summed E-state index contributed by atoms with van der Waals surface area (Å²) >= 11 is 0. The first-order chi connectivity index (χ1) is 7.57. The maximum Gasteiger partial charge on any atom is 0.323 e. The first-order valence-electron chi connectivity index (χ1n) is 6.14. The molecule has 4 heteroatoms. The molecule has 0 spiro atoms. The van der Waals surface area contributed by atoms with Crippen LogP contribution in [0.2, 0.25) is 0 Å². The van der Waals surface area contributed by atoms with Crippen molar-refractivity contribution < 1.29 is 14.6 Å². The first-order valence-corrected chi connectivity index (χ1v) is 6.14. The number of hydrogen-bond acceptors (Lipinski definition) is 3. The number of ether oxygens (including phenoxy) is 1. The van der Waals surface area contributed by atoms with E-state index in [0.717, 1.165) is 12.8 Å². The smallest absolute Gasteiger partial charge is 0.323 e. The van der Waals surface area contributed by atoms with Crippen molar-refractivity contribution >= 4 is 5.97 Å². The predicted molar refractivity (Wildman–Crippen MR) is 64.7 cm³/mol. The second-order valence-corrected chi connectivity index (χ2v) is 4.35. The van der Waals surface area contributed by atoms with Crippen molar-refractivity contribution in [2.24, 2.45) is 0 Å². The van der Waals surface area contributed by atoms with Crippen molar-refractivity contribution in [2.75, 3.05) is 13.2 Å². The topological polar surface area (TPSA) is 58.6 Å². The van der Waals surface area contributed by atoms with Crippen molar-refractivity contribution in [1.82, 2.24) is 5.32 Å². The van der Waals surface area contributed by atoms with Crippen molar-refractivity contribution in [3.63, 3.8) is 0 Å². The Kier molecular flexibility index (Phi) is 9.24.